The van der Waals surface area contributed by atoms with Gasteiger partial charge in [-0.25, -0.2) is 0 Å². The van der Waals surface area contributed by atoms with Crippen LogP contribution in [0.2, 0.25) is 0 Å². The molecule has 5 nitrogen and oxygen atoms in total. The molecule has 94 valence electrons. The van der Waals surface area contributed by atoms with Crippen LogP contribution in [-0.2, 0) is 4.74 Å². The number of nitrogen functional groups attached to an aromatic ring is 1. The molecule has 0 unspecified atom stereocenters. The minimum absolute atomic E-state index is 0.231. The Morgan fingerprint density at radius 2 is 2.28 bits per heavy atom. The fraction of sp³-hybridized carbons (Fsp3) is 0.385. The zero-order chi connectivity index (χ0) is 12.5. The largest absolute Gasteiger partial charge is 0.398 e. The number of hydrogen-bond acceptors (Lipinski definition) is 5. The van der Waals surface area contributed by atoms with Gasteiger partial charge in [0.05, 0.1) is 12.5 Å². The predicted molar refractivity (Wildman–Crippen MR) is 67.1 cm³/mol. The number of anilines is 1. The molecule has 5 heteroatoms. The van der Waals surface area contributed by atoms with E-state index < -0.39 is 0 Å². The number of nitrogens with two attached hydrogens (primary N) is 1. The third kappa shape index (κ3) is 1.97. The summed E-state index contributed by atoms with van der Waals surface area (Å²) in [5, 5.41) is 4.00. The van der Waals surface area contributed by atoms with Crippen LogP contribution in [0, 0.1) is 6.92 Å². The SMILES string of the molecule is Cc1ccc(-c2noc([C@H]3CCOC3)n2)cc1N. The van der Waals surface area contributed by atoms with Gasteiger partial charge in [0.2, 0.25) is 11.7 Å². The Balaban J connectivity index is 1.89. The van der Waals surface area contributed by atoms with Gasteiger partial charge in [-0.2, -0.15) is 4.98 Å². The van der Waals surface area contributed by atoms with E-state index in [1.165, 1.54) is 0 Å². The van der Waals surface area contributed by atoms with Crippen LogP contribution in [0.25, 0.3) is 11.4 Å². The molecule has 3 rings (SSSR count). The van der Waals surface area contributed by atoms with Crippen LogP contribution in [0.1, 0.15) is 23.8 Å². The van der Waals surface area contributed by atoms with Gasteiger partial charge < -0.3 is 15.0 Å². The van der Waals surface area contributed by atoms with Crippen molar-refractivity contribution in [2.45, 2.75) is 19.3 Å². The Labute approximate surface area is 105 Å². The molecule has 0 aliphatic carbocycles. The first kappa shape index (κ1) is 11.2. The van der Waals surface area contributed by atoms with Crippen molar-refractivity contribution in [2.24, 2.45) is 0 Å². The van der Waals surface area contributed by atoms with E-state index in [1.54, 1.807) is 0 Å². The smallest absolute Gasteiger partial charge is 0.232 e. The Kier molecular flexibility index (Phi) is 2.76. The van der Waals surface area contributed by atoms with Crippen LogP contribution < -0.4 is 5.73 Å². The molecule has 0 spiro atoms. The monoisotopic (exact) mass is 245 g/mol. The van der Waals surface area contributed by atoms with Gasteiger partial charge in [-0.15, -0.1) is 0 Å². The molecule has 0 radical (unpaired) electrons. The van der Waals surface area contributed by atoms with Crippen LogP contribution in [0.5, 0.6) is 0 Å². The highest BCUT2D eigenvalue weighted by molar-refractivity contribution is 5.63. The summed E-state index contributed by atoms with van der Waals surface area (Å²) in [7, 11) is 0. The highest BCUT2D eigenvalue weighted by Gasteiger charge is 2.24. The van der Waals surface area contributed by atoms with E-state index in [1.807, 2.05) is 25.1 Å². The van der Waals surface area contributed by atoms with Gasteiger partial charge in [-0.1, -0.05) is 17.3 Å². The van der Waals surface area contributed by atoms with Gasteiger partial charge in [-0.3, -0.25) is 0 Å². The average Bonchev–Trinajstić information content (AvgIpc) is 3.01. The normalized spacial score (nSPS) is 19.3. The second kappa shape index (κ2) is 4.42. The minimum atomic E-state index is 0.231. The zero-order valence-corrected chi connectivity index (χ0v) is 10.2. The highest BCUT2D eigenvalue weighted by atomic mass is 16.5. The van der Waals surface area contributed by atoms with Gasteiger partial charge in [0, 0.05) is 17.9 Å². The summed E-state index contributed by atoms with van der Waals surface area (Å²) in [6.45, 7) is 3.40. The Bertz CT molecular complexity index is 559. The number of nitrogens with zero attached hydrogens (tertiary/aromatic N) is 2. The first-order chi connectivity index (χ1) is 8.74. The topological polar surface area (TPSA) is 74.2 Å². The van der Waals surface area contributed by atoms with E-state index in [4.69, 9.17) is 15.0 Å². The number of aromatic nitrogens is 2. The average molecular weight is 245 g/mol. The lowest BCUT2D eigenvalue weighted by Gasteiger charge is -2.01. The Morgan fingerprint density at radius 3 is 3.00 bits per heavy atom. The predicted octanol–water partition coefficient (Wildman–Crippen LogP) is 2.13. The number of rotatable bonds is 2. The summed E-state index contributed by atoms with van der Waals surface area (Å²) in [6.07, 6.45) is 0.942. The third-order valence-electron chi connectivity index (χ3n) is 3.26. The van der Waals surface area contributed by atoms with E-state index in [0.717, 1.165) is 29.8 Å². The quantitative estimate of drug-likeness (QED) is 0.820. The maximum absolute atomic E-state index is 5.88. The molecule has 2 N–H and O–H groups in total. The standard InChI is InChI=1S/C13H15N3O2/c1-8-2-3-9(6-11(8)14)12-15-13(18-16-12)10-4-5-17-7-10/h2-3,6,10H,4-5,7,14H2,1H3/t10-/m0/s1. The Morgan fingerprint density at radius 1 is 1.39 bits per heavy atom. The van der Waals surface area contributed by atoms with Crippen molar-refractivity contribution in [3.63, 3.8) is 0 Å². The molecule has 2 aromatic rings. The molecule has 0 amide bonds. The van der Waals surface area contributed by atoms with Crippen LogP contribution in [0.4, 0.5) is 5.69 Å². The second-order valence-electron chi connectivity index (χ2n) is 4.59. The van der Waals surface area contributed by atoms with E-state index >= 15 is 0 Å². The molecule has 1 aliphatic rings. The number of hydrogen-bond donors (Lipinski definition) is 1. The lowest BCUT2D eigenvalue weighted by molar-refractivity contribution is 0.189. The van der Waals surface area contributed by atoms with E-state index in [9.17, 15) is 0 Å². The summed E-state index contributed by atoms with van der Waals surface area (Å²) in [5.74, 6) is 1.47. The fourth-order valence-electron chi connectivity index (χ4n) is 2.03. The van der Waals surface area contributed by atoms with E-state index in [-0.39, 0.29) is 5.92 Å². The number of ether oxygens (including phenoxy) is 1. The van der Waals surface area contributed by atoms with Crippen LogP contribution in [-0.4, -0.2) is 23.4 Å². The van der Waals surface area contributed by atoms with Crippen molar-refractivity contribution in [1.29, 1.82) is 0 Å². The fourth-order valence-corrected chi connectivity index (χ4v) is 2.03. The molecule has 2 heterocycles. The molecule has 0 saturated carbocycles. The van der Waals surface area contributed by atoms with Crippen LogP contribution >= 0.6 is 0 Å². The summed E-state index contributed by atoms with van der Waals surface area (Å²) in [6, 6.07) is 5.78. The molecule has 18 heavy (non-hydrogen) atoms. The zero-order valence-electron chi connectivity index (χ0n) is 10.2. The summed E-state index contributed by atoms with van der Waals surface area (Å²) in [5.41, 5.74) is 8.55. The van der Waals surface area contributed by atoms with Crippen LogP contribution in [0.3, 0.4) is 0 Å². The van der Waals surface area contributed by atoms with E-state index in [0.29, 0.717) is 18.3 Å². The van der Waals surface area contributed by atoms with E-state index in [2.05, 4.69) is 10.1 Å². The highest BCUT2D eigenvalue weighted by Crippen LogP contribution is 2.27. The van der Waals surface area contributed by atoms with Crippen LogP contribution in [0.15, 0.2) is 22.7 Å². The molecule has 1 aliphatic heterocycles. The van der Waals surface area contributed by atoms with Crippen molar-refractivity contribution >= 4 is 5.69 Å². The molecule has 1 saturated heterocycles. The maximum atomic E-state index is 5.88. The molecule has 1 atom stereocenters. The van der Waals surface area contributed by atoms with Gasteiger partial charge >= 0.3 is 0 Å². The van der Waals surface area contributed by atoms with Gasteiger partial charge in [0.15, 0.2) is 0 Å². The molecular weight excluding hydrogens is 230 g/mol. The molecule has 0 bridgehead atoms. The summed E-state index contributed by atoms with van der Waals surface area (Å²) in [4.78, 5) is 4.42. The lowest BCUT2D eigenvalue weighted by Crippen LogP contribution is -1.97. The molecule has 1 fully saturated rings. The maximum Gasteiger partial charge on any atom is 0.232 e. The Hall–Kier alpha value is -1.88. The van der Waals surface area contributed by atoms with Gasteiger partial charge in [0.25, 0.3) is 0 Å². The summed E-state index contributed by atoms with van der Waals surface area (Å²) < 4.78 is 10.6. The van der Waals surface area contributed by atoms with Gasteiger partial charge in [0.1, 0.15) is 0 Å². The van der Waals surface area contributed by atoms with Crippen molar-refractivity contribution in [1.82, 2.24) is 10.1 Å². The van der Waals surface area contributed by atoms with Crippen molar-refractivity contribution in [3.05, 3.63) is 29.7 Å². The molecular formula is C13H15N3O2. The lowest BCUT2D eigenvalue weighted by atomic mass is 10.1. The first-order valence-electron chi connectivity index (χ1n) is 6.02. The molecule has 1 aromatic heterocycles. The molecule has 1 aromatic carbocycles. The number of benzene rings is 1. The second-order valence-corrected chi connectivity index (χ2v) is 4.59. The summed E-state index contributed by atoms with van der Waals surface area (Å²) >= 11 is 0. The minimum Gasteiger partial charge on any atom is -0.398 e. The first-order valence-corrected chi connectivity index (χ1v) is 6.02. The number of aryl methyl sites for hydroxylation is 1. The third-order valence-corrected chi connectivity index (χ3v) is 3.26. The van der Waals surface area contributed by atoms with Crippen molar-refractivity contribution in [3.8, 4) is 11.4 Å². The van der Waals surface area contributed by atoms with Crippen molar-refractivity contribution < 1.29 is 9.26 Å². The van der Waals surface area contributed by atoms with Gasteiger partial charge in [-0.05, 0) is 25.0 Å². The van der Waals surface area contributed by atoms with Crippen molar-refractivity contribution in [2.75, 3.05) is 18.9 Å².